The summed E-state index contributed by atoms with van der Waals surface area (Å²) in [6, 6.07) is 8.62. The Morgan fingerprint density at radius 3 is 1.97 bits per heavy atom. The van der Waals surface area contributed by atoms with Crippen LogP contribution in [0.3, 0.4) is 0 Å². The Balaban J connectivity index is 1.75. The van der Waals surface area contributed by atoms with Crippen LogP contribution in [0.25, 0.3) is 10.9 Å². The summed E-state index contributed by atoms with van der Waals surface area (Å²) < 4.78 is 29.9. The molecule has 0 aliphatic heterocycles. The van der Waals surface area contributed by atoms with Gasteiger partial charge in [-0.2, -0.15) is 0 Å². The fourth-order valence-corrected chi connectivity index (χ4v) is 9.84. The monoisotopic (exact) mass is 599 g/mol. The van der Waals surface area contributed by atoms with Crippen molar-refractivity contribution in [1.82, 2.24) is 9.88 Å². The van der Waals surface area contributed by atoms with Crippen LogP contribution >= 0.6 is 69.1 Å². The normalized spacial score (nSPS) is 13.7. The van der Waals surface area contributed by atoms with E-state index >= 15 is 0 Å². The van der Waals surface area contributed by atoms with Gasteiger partial charge in [0, 0.05) is 35.8 Å². The zero-order valence-electron chi connectivity index (χ0n) is 17.2. The number of aromatic nitrogens is 1. The summed E-state index contributed by atoms with van der Waals surface area (Å²) in [6.07, 6.45) is 2.85. The van der Waals surface area contributed by atoms with Crippen molar-refractivity contribution in [2.45, 2.75) is 14.8 Å². The number of fused-ring (bicyclic) bond motifs is 1. The van der Waals surface area contributed by atoms with Gasteiger partial charge in [-0.25, -0.2) is 0 Å². The van der Waals surface area contributed by atoms with Gasteiger partial charge in [0.1, 0.15) is 14.4 Å². The minimum absolute atomic E-state index is 0.295. The largest absolute Gasteiger partial charge is 0.584 e. The Morgan fingerprint density at radius 2 is 1.48 bits per heavy atom. The maximum atomic E-state index is 13.6. The van der Waals surface area contributed by atoms with Crippen molar-refractivity contribution in [3.63, 3.8) is 0 Å². The van der Waals surface area contributed by atoms with Crippen LogP contribution in [0.1, 0.15) is 5.56 Å². The van der Waals surface area contributed by atoms with Gasteiger partial charge in [-0.1, -0.05) is 75.1 Å². The first-order chi connectivity index (χ1) is 15.7. The van der Waals surface area contributed by atoms with Gasteiger partial charge in [-0.15, -0.1) is 0 Å². The first kappa shape index (κ1) is 25.8. The quantitative estimate of drug-likeness (QED) is 0.216. The number of H-pyrrole nitrogens is 1. The summed E-state index contributed by atoms with van der Waals surface area (Å²) >= 11 is 22.8. The van der Waals surface area contributed by atoms with Crippen molar-refractivity contribution in [3.8, 4) is 0 Å². The van der Waals surface area contributed by atoms with E-state index in [1.807, 2.05) is 32.4 Å². The number of thiophene rings is 2. The maximum Gasteiger partial charge on any atom is 0.241 e. The third-order valence-corrected chi connectivity index (χ3v) is 12.1. The van der Waals surface area contributed by atoms with Crippen LogP contribution in [-0.4, -0.2) is 39.6 Å². The molecule has 0 spiro atoms. The fraction of sp³-hybridized carbons (Fsp3) is 0.200. The molecule has 3 heterocycles. The smallest absolute Gasteiger partial charge is 0.241 e. The van der Waals surface area contributed by atoms with Gasteiger partial charge >= 0.3 is 0 Å². The van der Waals surface area contributed by atoms with Crippen molar-refractivity contribution in [3.05, 3.63) is 60.8 Å². The molecular formula is C20H17Cl4N3O2S4. The van der Waals surface area contributed by atoms with Crippen LogP contribution in [0, 0.1) is 0 Å². The van der Waals surface area contributed by atoms with E-state index in [-0.39, 0.29) is 0 Å². The summed E-state index contributed by atoms with van der Waals surface area (Å²) in [5, 5.41) is 1.65. The minimum Gasteiger partial charge on any atom is -0.584 e. The van der Waals surface area contributed by atoms with E-state index in [0.29, 0.717) is 32.8 Å². The lowest BCUT2D eigenvalue weighted by Crippen LogP contribution is -2.36. The Kier molecular flexibility index (Phi) is 8.40. The molecule has 0 amide bonds. The highest BCUT2D eigenvalue weighted by Gasteiger charge is 2.39. The highest BCUT2D eigenvalue weighted by Crippen LogP contribution is 2.42. The molecule has 176 valence electrons. The van der Waals surface area contributed by atoms with Gasteiger partial charge in [-0.3, -0.25) is 0 Å². The molecule has 4 aromatic rings. The fourth-order valence-electron chi connectivity index (χ4n) is 3.08. The van der Waals surface area contributed by atoms with Crippen molar-refractivity contribution in [2.24, 2.45) is 0 Å². The van der Waals surface area contributed by atoms with E-state index in [0.717, 1.165) is 46.5 Å². The third kappa shape index (κ3) is 5.59. The number of rotatable bonds is 8. The molecule has 4 rings (SSSR count). The van der Waals surface area contributed by atoms with Crippen LogP contribution < -0.4 is 3.71 Å². The van der Waals surface area contributed by atoms with Gasteiger partial charge in [0.25, 0.3) is 0 Å². The molecule has 0 aliphatic rings. The molecule has 0 saturated carbocycles. The molecule has 1 aromatic carbocycles. The molecular weight excluding hydrogens is 584 g/mol. The standard InChI is InChI=1S/C20H17Cl4N3O2S4/c1-26(2)6-5-11-10-25-16-7-12(3-4-13(11)16)27(32(28)17-8-14(21)19(23)30-17)33(29)18-9-15(22)20(24)31-18/h3-4,7-10,25H,5-6H2,1-2H3. The maximum absolute atomic E-state index is 13.6. The van der Waals surface area contributed by atoms with Crippen molar-refractivity contribution < 1.29 is 9.11 Å². The first-order valence-electron chi connectivity index (χ1n) is 9.44. The predicted molar refractivity (Wildman–Crippen MR) is 145 cm³/mol. The highest BCUT2D eigenvalue weighted by molar-refractivity contribution is 8.11. The van der Waals surface area contributed by atoms with E-state index in [4.69, 9.17) is 46.4 Å². The zero-order valence-corrected chi connectivity index (χ0v) is 23.5. The lowest BCUT2D eigenvalue weighted by molar-refractivity contribution is 0.414. The zero-order chi connectivity index (χ0) is 23.9. The van der Waals surface area contributed by atoms with Gasteiger partial charge < -0.3 is 19.0 Å². The SMILES string of the molecule is CN(C)CCc1c[nH]c2cc(N([S+]([O-])c3cc(Cl)c(Cl)s3)[S+]([O-])c3cc(Cl)c(Cl)s3)ccc12. The Bertz CT molecular complexity index is 1180. The van der Waals surface area contributed by atoms with Crippen LogP contribution in [-0.2, 0) is 29.1 Å². The molecule has 13 heteroatoms. The Labute approximate surface area is 225 Å². The topological polar surface area (TPSA) is 68.4 Å². The lowest BCUT2D eigenvalue weighted by atomic mass is 10.1. The number of hydrogen-bond donors (Lipinski definition) is 1. The minimum atomic E-state index is -1.85. The van der Waals surface area contributed by atoms with Crippen LogP contribution in [0.15, 0.2) is 44.9 Å². The number of benzene rings is 1. The lowest BCUT2D eigenvalue weighted by Gasteiger charge is -2.24. The molecule has 33 heavy (non-hydrogen) atoms. The molecule has 1 N–H and O–H groups in total. The number of halogens is 4. The summed E-state index contributed by atoms with van der Waals surface area (Å²) in [5.41, 5.74) is 2.53. The molecule has 0 bridgehead atoms. The Hall–Kier alpha value is -0.300. The van der Waals surface area contributed by atoms with E-state index in [1.54, 1.807) is 6.07 Å². The van der Waals surface area contributed by atoms with Gasteiger partial charge in [0.15, 0.2) is 22.7 Å². The van der Waals surface area contributed by atoms with E-state index in [2.05, 4.69) is 9.88 Å². The van der Waals surface area contributed by atoms with E-state index < -0.39 is 22.7 Å². The number of aromatic amines is 1. The number of nitrogens with zero attached hydrogens (tertiary/aromatic N) is 2. The van der Waals surface area contributed by atoms with Crippen molar-refractivity contribution in [2.75, 3.05) is 24.4 Å². The number of nitrogens with one attached hydrogen (secondary N) is 1. The number of likely N-dealkylation sites (N-methyl/N-ethyl adjacent to an activating group) is 1. The van der Waals surface area contributed by atoms with Crippen LogP contribution in [0.2, 0.25) is 18.7 Å². The van der Waals surface area contributed by atoms with Gasteiger partial charge in [-0.05, 0) is 41.9 Å². The third-order valence-electron chi connectivity index (χ3n) is 4.68. The molecule has 0 saturated heterocycles. The molecule has 0 fully saturated rings. The predicted octanol–water partition coefficient (Wildman–Crippen LogP) is 7.26. The van der Waals surface area contributed by atoms with Gasteiger partial charge in [0.05, 0.1) is 10.0 Å². The molecule has 3 aromatic heterocycles. The van der Waals surface area contributed by atoms with Crippen LogP contribution in [0.4, 0.5) is 5.69 Å². The average Bonchev–Trinajstić information content (AvgIpc) is 3.43. The van der Waals surface area contributed by atoms with Crippen LogP contribution in [0.5, 0.6) is 0 Å². The second-order valence-electron chi connectivity index (χ2n) is 7.23. The van der Waals surface area contributed by atoms with Crippen molar-refractivity contribution >= 4 is 108 Å². The van der Waals surface area contributed by atoms with Gasteiger partial charge in [0.2, 0.25) is 8.42 Å². The molecule has 2 unspecified atom stereocenters. The second-order valence-corrected chi connectivity index (χ2v) is 14.7. The number of hydrogen-bond acceptors (Lipinski definition) is 6. The molecule has 0 radical (unpaired) electrons. The molecule has 0 aliphatic carbocycles. The van der Waals surface area contributed by atoms with Crippen molar-refractivity contribution in [1.29, 1.82) is 0 Å². The highest BCUT2D eigenvalue weighted by atomic mass is 35.5. The Morgan fingerprint density at radius 1 is 0.909 bits per heavy atom. The summed E-state index contributed by atoms with van der Waals surface area (Å²) in [7, 11) is 4.06. The first-order valence-corrected chi connectivity index (χ1v) is 14.8. The number of anilines is 1. The second kappa shape index (κ2) is 10.8. The molecule has 2 atom stereocenters. The summed E-state index contributed by atoms with van der Waals surface area (Å²) in [6.45, 7) is 0.911. The molecule has 5 nitrogen and oxygen atoms in total. The summed E-state index contributed by atoms with van der Waals surface area (Å²) in [4.78, 5) is 5.39. The average molecular weight is 601 g/mol. The van der Waals surface area contributed by atoms with E-state index in [1.165, 1.54) is 21.4 Å². The van der Waals surface area contributed by atoms with E-state index in [9.17, 15) is 9.11 Å². The summed E-state index contributed by atoms with van der Waals surface area (Å²) in [5.74, 6) is 0.